The van der Waals surface area contributed by atoms with Crippen molar-refractivity contribution in [1.29, 1.82) is 0 Å². The third-order valence-corrected chi connectivity index (χ3v) is 5.08. The zero-order chi connectivity index (χ0) is 14.8. The van der Waals surface area contributed by atoms with Gasteiger partial charge in [0.15, 0.2) is 5.11 Å². The van der Waals surface area contributed by atoms with E-state index in [2.05, 4.69) is 10.3 Å². The van der Waals surface area contributed by atoms with E-state index in [4.69, 9.17) is 23.8 Å². The van der Waals surface area contributed by atoms with Gasteiger partial charge in [0.1, 0.15) is 0 Å². The number of aliphatic hydroxyl groups is 1. The normalized spacial score (nSPS) is 21.6. The molecular weight excluding hydrogens is 326 g/mol. The maximum absolute atomic E-state index is 9.30. The number of halogens is 1. The van der Waals surface area contributed by atoms with Gasteiger partial charge in [0.2, 0.25) is 0 Å². The first-order valence-corrected chi connectivity index (χ1v) is 8.15. The number of aliphatic hydroxyl groups excluding tert-OH is 1. The predicted octanol–water partition coefficient (Wildman–Crippen LogP) is 2.76. The Bertz CT molecular complexity index is 634. The molecule has 0 aromatic carbocycles. The second-order valence-corrected chi connectivity index (χ2v) is 6.82. The Morgan fingerprint density at radius 3 is 2.86 bits per heavy atom. The van der Waals surface area contributed by atoms with E-state index in [1.807, 2.05) is 35.2 Å². The summed E-state index contributed by atoms with van der Waals surface area (Å²) in [5.41, 5.74) is 0.926. The minimum Gasteiger partial charge on any atom is -0.395 e. The standard InChI is InChI=1S/C14H14ClN3OS2/c15-11-5-4-10(21-11)13-12(9-3-1-2-6-16-9)17-14(20)18(13)7-8-19/h1-6,12-13,19H,7-8H2,(H,17,20)/t12-,13-/m1/s1. The first-order chi connectivity index (χ1) is 10.2. The Morgan fingerprint density at radius 2 is 2.24 bits per heavy atom. The van der Waals surface area contributed by atoms with E-state index in [0.717, 1.165) is 14.9 Å². The summed E-state index contributed by atoms with van der Waals surface area (Å²) < 4.78 is 0.742. The van der Waals surface area contributed by atoms with Crippen LogP contribution in [0.4, 0.5) is 0 Å². The van der Waals surface area contributed by atoms with Crippen LogP contribution in [0.5, 0.6) is 0 Å². The summed E-state index contributed by atoms with van der Waals surface area (Å²) in [6, 6.07) is 9.67. The zero-order valence-corrected chi connectivity index (χ0v) is 13.5. The van der Waals surface area contributed by atoms with Crippen LogP contribution in [0.25, 0.3) is 0 Å². The van der Waals surface area contributed by atoms with Crippen molar-refractivity contribution in [1.82, 2.24) is 15.2 Å². The molecule has 3 heterocycles. The van der Waals surface area contributed by atoms with Crippen LogP contribution in [-0.4, -0.2) is 33.3 Å². The highest BCUT2D eigenvalue weighted by Crippen LogP contribution is 2.41. The Labute approximate surface area is 137 Å². The Hall–Kier alpha value is -1.21. The van der Waals surface area contributed by atoms with Crippen LogP contribution < -0.4 is 5.32 Å². The molecule has 0 radical (unpaired) electrons. The zero-order valence-electron chi connectivity index (χ0n) is 11.1. The summed E-state index contributed by atoms with van der Waals surface area (Å²) in [5.74, 6) is 0. The summed E-state index contributed by atoms with van der Waals surface area (Å²) in [5, 5.41) is 13.2. The third kappa shape index (κ3) is 2.89. The molecule has 3 rings (SSSR count). The molecule has 110 valence electrons. The van der Waals surface area contributed by atoms with Gasteiger partial charge in [0.25, 0.3) is 0 Å². The summed E-state index contributed by atoms with van der Waals surface area (Å²) in [7, 11) is 0. The van der Waals surface area contributed by atoms with Gasteiger partial charge in [0.05, 0.1) is 28.7 Å². The number of aromatic nitrogens is 1. The van der Waals surface area contributed by atoms with Crippen molar-refractivity contribution < 1.29 is 5.11 Å². The average Bonchev–Trinajstić information content (AvgIpc) is 3.05. The van der Waals surface area contributed by atoms with Crippen molar-refractivity contribution in [3.63, 3.8) is 0 Å². The van der Waals surface area contributed by atoms with Gasteiger partial charge in [-0.25, -0.2) is 0 Å². The second kappa shape index (κ2) is 6.27. The van der Waals surface area contributed by atoms with Gasteiger partial charge in [0, 0.05) is 17.6 Å². The molecule has 1 aliphatic rings. The van der Waals surface area contributed by atoms with Crippen molar-refractivity contribution in [3.8, 4) is 0 Å². The summed E-state index contributed by atoms with van der Waals surface area (Å²) >= 11 is 13.0. The minimum absolute atomic E-state index is 0.00273. The fourth-order valence-electron chi connectivity index (χ4n) is 2.55. The van der Waals surface area contributed by atoms with Gasteiger partial charge < -0.3 is 15.3 Å². The molecule has 0 unspecified atom stereocenters. The number of nitrogens with one attached hydrogen (secondary N) is 1. The molecule has 2 N–H and O–H groups in total. The molecular formula is C14H14ClN3OS2. The van der Waals surface area contributed by atoms with Gasteiger partial charge in [-0.3, -0.25) is 4.98 Å². The maximum atomic E-state index is 9.30. The van der Waals surface area contributed by atoms with Crippen LogP contribution in [-0.2, 0) is 0 Å². The van der Waals surface area contributed by atoms with Crippen molar-refractivity contribution >= 4 is 40.3 Å². The van der Waals surface area contributed by atoms with E-state index in [-0.39, 0.29) is 18.7 Å². The average molecular weight is 340 g/mol. The quantitative estimate of drug-likeness (QED) is 0.839. The van der Waals surface area contributed by atoms with E-state index < -0.39 is 0 Å². The lowest BCUT2D eigenvalue weighted by Crippen LogP contribution is -2.31. The minimum atomic E-state index is -0.0417. The highest BCUT2D eigenvalue weighted by atomic mass is 35.5. The molecule has 0 bridgehead atoms. The van der Waals surface area contributed by atoms with E-state index in [1.54, 1.807) is 6.20 Å². The number of hydrogen-bond acceptors (Lipinski definition) is 4. The fourth-order valence-corrected chi connectivity index (χ4v) is 4.09. The van der Waals surface area contributed by atoms with Crippen molar-refractivity contribution in [2.75, 3.05) is 13.2 Å². The highest BCUT2D eigenvalue weighted by molar-refractivity contribution is 7.80. The number of pyridine rings is 1. The number of nitrogens with zero attached hydrogens (tertiary/aromatic N) is 2. The lowest BCUT2D eigenvalue weighted by molar-refractivity contribution is 0.224. The molecule has 21 heavy (non-hydrogen) atoms. The molecule has 4 nitrogen and oxygen atoms in total. The molecule has 2 aromatic heterocycles. The Balaban J connectivity index is 2.00. The summed E-state index contributed by atoms with van der Waals surface area (Å²) in [4.78, 5) is 7.54. The molecule has 0 amide bonds. The number of thiophene rings is 1. The number of rotatable bonds is 4. The molecule has 1 fully saturated rings. The largest absolute Gasteiger partial charge is 0.395 e. The Morgan fingerprint density at radius 1 is 1.38 bits per heavy atom. The molecule has 7 heteroatoms. The first-order valence-electron chi connectivity index (χ1n) is 6.55. The molecule has 2 atom stereocenters. The fraction of sp³-hybridized carbons (Fsp3) is 0.286. The molecule has 1 saturated heterocycles. The molecule has 2 aromatic rings. The van der Waals surface area contributed by atoms with Crippen LogP contribution in [0.3, 0.4) is 0 Å². The molecule has 0 spiro atoms. The topological polar surface area (TPSA) is 48.4 Å². The lowest BCUT2D eigenvalue weighted by Gasteiger charge is -2.25. The number of hydrogen-bond donors (Lipinski definition) is 2. The highest BCUT2D eigenvalue weighted by Gasteiger charge is 2.40. The van der Waals surface area contributed by atoms with E-state index in [0.29, 0.717) is 11.7 Å². The molecule has 0 saturated carbocycles. The van der Waals surface area contributed by atoms with E-state index in [9.17, 15) is 5.11 Å². The van der Waals surface area contributed by atoms with E-state index >= 15 is 0 Å². The van der Waals surface area contributed by atoms with Crippen LogP contribution in [0.2, 0.25) is 4.34 Å². The van der Waals surface area contributed by atoms with Gasteiger partial charge in [-0.1, -0.05) is 17.7 Å². The summed E-state index contributed by atoms with van der Waals surface area (Å²) in [6.45, 7) is 0.529. The van der Waals surface area contributed by atoms with Gasteiger partial charge in [-0.2, -0.15) is 0 Å². The monoisotopic (exact) mass is 339 g/mol. The molecule has 0 aliphatic carbocycles. The van der Waals surface area contributed by atoms with Crippen LogP contribution in [0.15, 0.2) is 36.5 Å². The second-order valence-electron chi connectivity index (χ2n) is 4.69. The molecule has 1 aliphatic heterocycles. The van der Waals surface area contributed by atoms with Crippen molar-refractivity contribution in [2.24, 2.45) is 0 Å². The van der Waals surface area contributed by atoms with Crippen LogP contribution in [0, 0.1) is 0 Å². The van der Waals surface area contributed by atoms with Crippen LogP contribution in [0.1, 0.15) is 22.7 Å². The predicted molar refractivity (Wildman–Crippen MR) is 88.6 cm³/mol. The van der Waals surface area contributed by atoms with E-state index in [1.165, 1.54) is 11.3 Å². The van der Waals surface area contributed by atoms with Crippen molar-refractivity contribution in [3.05, 3.63) is 51.4 Å². The van der Waals surface area contributed by atoms with Crippen LogP contribution >= 0.6 is 35.2 Å². The summed E-state index contributed by atoms with van der Waals surface area (Å²) in [6.07, 6.45) is 1.77. The van der Waals surface area contributed by atoms with Gasteiger partial charge in [-0.05, 0) is 36.5 Å². The van der Waals surface area contributed by atoms with Gasteiger partial charge >= 0.3 is 0 Å². The maximum Gasteiger partial charge on any atom is 0.170 e. The third-order valence-electron chi connectivity index (χ3n) is 3.42. The number of thiocarbonyl (C=S) groups is 1. The Kier molecular flexibility index (Phi) is 4.40. The SMILES string of the molecule is OCCN1C(=S)N[C@H](c2ccccn2)[C@H]1c1ccc(Cl)s1. The van der Waals surface area contributed by atoms with Gasteiger partial charge in [-0.15, -0.1) is 11.3 Å². The lowest BCUT2D eigenvalue weighted by atomic mass is 10.0. The van der Waals surface area contributed by atoms with Crippen molar-refractivity contribution in [2.45, 2.75) is 12.1 Å². The first kappa shape index (κ1) is 14.7. The number of β-amino-alcohol motifs (C(OH)–C–C–N with tert-alkyl or cyclic N) is 1. The smallest absolute Gasteiger partial charge is 0.170 e.